The summed E-state index contributed by atoms with van der Waals surface area (Å²) in [4.78, 5) is 15.7. The smallest absolute Gasteiger partial charge is 0.319 e. The predicted octanol–water partition coefficient (Wildman–Crippen LogP) is 7.71. The molecule has 0 saturated heterocycles. The molecule has 0 saturated carbocycles. The maximum Gasteiger partial charge on any atom is 0.319 e. The molecule has 0 fully saturated rings. The van der Waals surface area contributed by atoms with Crippen LogP contribution in [-0.2, 0) is 30.2 Å². The molecule has 0 spiro atoms. The van der Waals surface area contributed by atoms with E-state index in [0.717, 1.165) is 44.3 Å². The monoisotopic (exact) mass is 555 g/mol. The highest BCUT2D eigenvalue weighted by atomic mass is 28.4. The van der Waals surface area contributed by atoms with Crippen LogP contribution in [0.3, 0.4) is 0 Å². The van der Waals surface area contributed by atoms with Gasteiger partial charge in [0.2, 0.25) is 0 Å². The number of hydrogen-bond acceptors (Lipinski definition) is 3. The van der Waals surface area contributed by atoms with Crippen LogP contribution in [0.2, 0.25) is 18.1 Å². The van der Waals surface area contributed by atoms with Gasteiger partial charge in [0, 0.05) is 36.6 Å². The molecule has 212 valence electrons. The lowest BCUT2D eigenvalue weighted by Crippen LogP contribution is -2.47. The Kier molecular flexibility index (Phi) is 8.38. The highest BCUT2D eigenvalue weighted by Crippen LogP contribution is 2.40. The van der Waals surface area contributed by atoms with Crippen LogP contribution in [0.25, 0.3) is 0 Å². The van der Waals surface area contributed by atoms with Gasteiger partial charge in [-0.1, -0.05) is 81.4 Å². The van der Waals surface area contributed by atoms with Gasteiger partial charge >= 0.3 is 6.03 Å². The van der Waals surface area contributed by atoms with Crippen LogP contribution < -0.4 is 15.5 Å². The molecule has 2 N–H and O–H groups in total. The van der Waals surface area contributed by atoms with E-state index in [-0.39, 0.29) is 23.2 Å². The Balaban J connectivity index is 1.25. The number of carbonyl (C=O) groups is 1. The molecule has 2 unspecified atom stereocenters. The van der Waals surface area contributed by atoms with Crippen molar-refractivity contribution in [2.24, 2.45) is 0 Å². The topological polar surface area (TPSA) is 53.6 Å². The van der Waals surface area contributed by atoms with Crippen molar-refractivity contribution >= 4 is 25.7 Å². The molecule has 1 aliphatic heterocycles. The van der Waals surface area contributed by atoms with Crippen molar-refractivity contribution in [3.05, 3.63) is 95.1 Å². The van der Waals surface area contributed by atoms with Gasteiger partial charge < -0.3 is 20.0 Å². The summed E-state index contributed by atoms with van der Waals surface area (Å²) in [5, 5.41) is 6.58. The summed E-state index contributed by atoms with van der Waals surface area (Å²) in [6.45, 7) is 12.9. The Labute approximate surface area is 241 Å². The van der Waals surface area contributed by atoms with Gasteiger partial charge in [0.15, 0.2) is 8.32 Å². The van der Waals surface area contributed by atoms with E-state index < -0.39 is 8.32 Å². The highest BCUT2D eigenvalue weighted by molar-refractivity contribution is 6.74. The fraction of sp³-hybridized carbons (Fsp3) is 0.441. The molecule has 2 aliphatic rings. The van der Waals surface area contributed by atoms with Crippen LogP contribution in [0.5, 0.6) is 0 Å². The summed E-state index contributed by atoms with van der Waals surface area (Å²) in [5.74, 6) is 0. The first-order valence-corrected chi connectivity index (χ1v) is 17.7. The van der Waals surface area contributed by atoms with E-state index in [1.54, 1.807) is 0 Å². The number of hydrogen-bond donors (Lipinski definition) is 2. The Morgan fingerprint density at radius 3 is 2.40 bits per heavy atom. The summed E-state index contributed by atoms with van der Waals surface area (Å²) >= 11 is 0. The van der Waals surface area contributed by atoms with Gasteiger partial charge in [-0.15, -0.1) is 0 Å². The van der Waals surface area contributed by atoms with Gasteiger partial charge in [-0.05, 0) is 84.6 Å². The standard InChI is InChI=1S/C34H45N3O2Si/c1-34(2,3)40(4,5)39-29-21-19-26-15-11-16-31(30(26)22-29)36-33(38)35-23-28-20-18-27-14-9-10-17-32(27)37(28)24-25-12-7-6-8-13-25/h6-17,28-29H,18-24H2,1-5H3,(H2,35,36,38). The number of benzene rings is 3. The highest BCUT2D eigenvalue weighted by Gasteiger charge is 2.40. The molecule has 3 aromatic rings. The van der Waals surface area contributed by atoms with E-state index in [2.05, 4.69) is 116 Å². The van der Waals surface area contributed by atoms with Gasteiger partial charge in [0.05, 0.1) is 0 Å². The van der Waals surface area contributed by atoms with Gasteiger partial charge in [0.25, 0.3) is 0 Å². The summed E-state index contributed by atoms with van der Waals surface area (Å²) in [6, 6.07) is 25.6. The lowest BCUT2D eigenvalue weighted by Gasteiger charge is -2.41. The first kappa shape index (κ1) is 28.4. The predicted molar refractivity (Wildman–Crippen MR) is 169 cm³/mol. The van der Waals surface area contributed by atoms with E-state index in [1.807, 2.05) is 6.07 Å². The minimum Gasteiger partial charge on any atom is -0.414 e. The Hall–Kier alpha value is -3.09. The maximum absolute atomic E-state index is 13.2. The molecule has 5 nitrogen and oxygen atoms in total. The molecule has 0 radical (unpaired) electrons. The average Bonchev–Trinajstić information content (AvgIpc) is 2.93. The van der Waals surface area contributed by atoms with Crippen molar-refractivity contribution in [1.82, 2.24) is 5.32 Å². The minimum atomic E-state index is -1.86. The van der Waals surface area contributed by atoms with Crippen molar-refractivity contribution in [2.45, 2.75) is 89.7 Å². The first-order valence-electron chi connectivity index (χ1n) is 14.8. The Morgan fingerprint density at radius 1 is 0.925 bits per heavy atom. The van der Waals surface area contributed by atoms with Crippen LogP contribution in [0.15, 0.2) is 72.8 Å². The normalized spacial score (nSPS) is 19.0. The largest absolute Gasteiger partial charge is 0.414 e. The fourth-order valence-electron chi connectivity index (χ4n) is 5.83. The second-order valence-corrected chi connectivity index (χ2v) is 17.7. The maximum atomic E-state index is 13.2. The zero-order chi connectivity index (χ0) is 28.3. The molecule has 1 heterocycles. The third-order valence-corrected chi connectivity index (χ3v) is 13.7. The van der Waals surface area contributed by atoms with Crippen LogP contribution in [-0.4, -0.2) is 33.0 Å². The second kappa shape index (κ2) is 11.8. The van der Waals surface area contributed by atoms with E-state index in [4.69, 9.17) is 4.43 Å². The van der Waals surface area contributed by atoms with Crippen LogP contribution in [0.4, 0.5) is 16.2 Å². The molecular weight excluding hydrogens is 510 g/mol. The SMILES string of the molecule is CC(C)(C)[Si](C)(C)OC1CCc2cccc(NC(=O)NCC3CCc4ccccc4N3Cc3ccccc3)c2C1. The number of anilines is 2. The number of para-hydroxylation sites is 1. The lowest BCUT2D eigenvalue weighted by molar-refractivity contribution is 0.165. The Bertz CT molecular complexity index is 1320. The quantitative estimate of drug-likeness (QED) is 0.294. The number of nitrogens with zero attached hydrogens (tertiary/aromatic N) is 1. The van der Waals surface area contributed by atoms with Crippen molar-refractivity contribution in [3.63, 3.8) is 0 Å². The van der Waals surface area contributed by atoms with E-state index in [1.165, 1.54) is 27.9 Å². The number of amides is 2. The molecule has 0 aromatic heterocycles. The van der Waals surface area contributed by atoms with E-state index >= 15 is 0 Å². The van der Waals surface area contributed by atoms with Crippen LogP contribution in [0, 0.1) is 0 Å². The number of nitrogens with one attached hydrogen (secondary N) is 2. The number of aryl methyl sites for hydroxylation is 2. The number of rotatable bonds is 7. The van der Waals surface area contributed by atoms with E-state index in [9.17, 15) is 4.79 Å². The molecule has 40 heavy (non-hydrogen) atoms. The van der Waals surface area contributed by atoms with Crippen LogP contribution in [0.1, 0.15) is 55.9 Å². The summed E-state index contributed by atoms with van der Waals surface area (Å²) in [6.07, 6.45) is 5.11. The van der Waals surface area contributed by atoms with Crippen molar-refractivity contribution in [2.75, 3.05) is 16.8 Å². The molecule has 2 atom stereocenters. The van der Waals surface area contributed by atoms with Gasteiger partial charge in [-0.3, -0.25) is 0 Å². The molecule has 0 bridgehead atoms. The van der Waals surface area contributed by atoms with Gasteiger partial charge in [0.1, 0.15) is 0 Å². The van der Waals surface area contributed by atoms with Crippen molar-refractivity contribution < 1.29 is 9.22 Å². The molecule has 6 heteroatoms. The molecule has 3 aromatic carbocycles. The minimum absolute atomic E-state index is 0.139. The van der Waals surface area contributed by atoms with E-state index in [0.29, 0.717) is 6.54 Å². The first-order chi connectivity index (χ1) is 19.1. The molecular formula is C34H45N3O2Si. The summed E-state index contributed by atoms with van der Waals surface area (Å²) in [7, 11) is -1.86. The molecule has 2 amide bonds. The van der Waals surface area contributed by atoms with Crippen molar-refractivity contribution in [3.8, 4) is 0 Å². The summed E-state index contributed by atoms with van der Waals surface area (Å²) in [5.41, 5.74) is 7.39. The van der Waals surface area contributed by atoms with Gasteiger partial charge in [-0.25, -0.2) is 4.79 Å². The number of fused-ring (bicyclic) bond motifs is 2. The van der Waals surface area contributed by atoms with Gasteiger partial charge in [-0.2, -0.15) is 0 Å². The van der Waals surface area contributed by atoms with Crippen LogP contribution >= 0.6 is 0 Å². The zero-order valence-electron chi connectivity index (χ0n) is 24.8. The summed E-state index contributed by atoms with van der Waals surface area (Å²) < 4.78 is 6.78. The van der Waals surface area contributed by atoms with Crippen molar-refractivity contribution in [1.29, 1.82) is 0 Å². The molecule has 1 aliphatic carbocycles. The third kappa shape index (κ3) is 6.45. The Morgan fingerprint density at radius 2 is 1.62 bits per heavy atom. The third-order valence-electron chi connectivity index (χ3n) is 9.14. The second-order valence-electron chi connectivity index (χ2n) is 13.0. The molecule has 5 rings (SSSR count). The fourth-order valence-corrected chi connectivity index (χ4v) is 7.22. The number of carbonyl (C=O) groups excluding carboxylic acids is 1. The lowest BCUT2D eigenvalue weighted by atomic mass is 9.88. The zero-order valence-corrected chi connectivity index (χ0v) is 25.8. The number of urea groups is 1. The average molecular weight is 556 g/mol.